The Bertz CT molecular complexity index is 1150. The number of aromatic nitrogens is 2. The number of Topliss-reactive ketones (excluding diaryl/α,β-unsaturated/α-hetero) is 1. The molecule has 0 saturated heterocycles. The zero-order valence-corrected chi connectivity index (χ0v) is 18.6. The number of nitrogens with two attached hydrogens (primary N) is 1. The van der Waals surface area contributed by atoms with Gasteiger partial charge < -0.3 is 15.2 Å². The molecule has 1 atom stereocenters. The Balaban J connectivity index is 2.24. The number of primary amides is 1. The Morgan fingerprint density at radius 2 is 1.88 bits per heavy atom. The molecule has 1 unspecified atom stereocenters. The first-order chi connectivity index (χ1) is 15.0. The van der Waals surface area contributed by atoms with Gasteiger partial charge in [-0.05, 0) is 25.0 Å². The highest BCUT2D eigenvalue weighted by atomic mass is 35.5. The molecule has 0 fully saturated rings. The molecular weight excluding hydrogens is 463 g/mol. The highest BCUT2D eigenvalue weighted by Crippen LogP contribution is 2.38. The fraction of sp³-hybridized carbons (Fsp3) is 0.263. The van der Waals surface area contributed by atoms with Crippen LogP contribution in [-0.2, 0) is 9.53 Å². The summed E-state index contributed by atoms with van der Waals surface area (Å²) < 4.78 is 10.1. The first-order valence-corrected chi connectivity index (χ1v) is 9.79. The molecule has 1 aromatic heterocycles. The van der Waals surface area contributed by atoms with Crippen molar-refractivity contribution in [1.82, 2.24) is 10.2 Å². The summed E-state index contributed by atoms with van der Waals surface area (Å²) in [6.07, 6.45) is -2.46. The molecule has 1 amide bonds. The molecule has 32 heavy (non-hydrogen) atoms. The molecule has 0 aliphatic heterocycles. The van der Waals surface area contributed by atoms with E-state index in [0.717, 1.165) is 0 Å². The monoisotopic (exact) mass is 480 g/mol. The number of ketones is 1. The van der Waals surface area contributed by atoms with Gasteiger partial charge in [-0.15, -0.1) is 5.10 Å². The van der Waals surface area contributed by atoms with Gasteiger partial charge in [0.1, 0.15) is 6.07 Å². The van der Waals surface area contributed by atoms with E-state index in [2.05, 4.69) is 25.5 Å². The van der Waals surface area contributed by atoms with Gasteiger partial charge in [0, 0.05) is 11.6 Å². The lowest BCUT2D eigenvalue weighted by molar-refractivity contribution is -0.119. The first-order valence-electron chi connectivity index (χ1n) is 9.04. The number of hydrogen-bond acceptors (Lipinski definition) is 9. The van der Waals surface area contributed by atoms with E-state index < -0.39 is 23.7 Å². The Morgan fingerprint density at radius 3 is 2.41 bits per heavy atom. The number of carbonyl (C=O) groups excluding carboxylic acids is 2. The van der Waals surface area contributed by atoms with E-state index >= 15 is 0 Å². The highest BCUT2D eigenvalue weighted by molar-refractivity contribution is 6.47. The number of carbonyl (C=O) groups is 2. The molecule has 0 bridgehead atoms. The van der Waals surface area contributed by atoms with Gasteiger partial charge in [-0.3, -0.25) is 15.0 Å². The van der Waals surface area contributed by atoms with Gasteiger partial charge in [0.15, 0.2) is 11.9 Å². The lowest BCUT2D eigenvalue weighted by atomic mass is 10.1. The number of nitriles is 1. The molecule has 0 spiro atoms. The summed E-state index contributed by atoms with van der Waals surface area (Å²) in [6, 6.07) is 5.83. The molecule has 2 aromatic rings. The summed E-state index contributed by atoms with van der Waals surface area (Å²) in [5.74, 6) is -0.775. The van der Waals surface area contributed by atoms with Crippen LogP contribution in [0.1, 0.15) is 32.3 Å². The molecule has 0 aliphatic carbocycles. The van der Waals surface area contributed by atoms with E-state index in [0.29, 0.717) is 5.56 Å². The number of hydrazone groups is 1. The second kappa shape index (κ2) is 10.6. The molecule has 0 radical (unpaired) electrons. The molecule has 168 valence electrons. The fourth-order valence-corrected chi connectivity index (χ4v) is 2.95. The number of ether oxygens (including phenoxy) is 2. The molecule has 4 N–H and O–H groups in total. The van der Waals surface area contributed by atoms with Gasteiger partial charge in [-0.2, -0.15) is 10.4 Å². The number of aromatic amines is 1. The van der Waals surface area contributed by atoms with Crippen LogP contribution in [0.15, 0.2) is 28.1 Å². The van der Waals surface area contributed by atoms with Crippen molar-refractivity contribution in [3.8, 4) is 17.7 Å². The maximum Gasteiger partial charge on any atom is 0.405 e. The van der Waals surface area contributed by atoms with Crippen molar-refractivity contribution in [2.24, 2.45) is 10.8 Å². The molecule has 11 nitrogen and oxygen atoms in total. The maximum atomic E-state index is 12.1. The van der Waals surface area contributed by atoms with Crippen LogP contribution in [-0.4, -0.2) is 33.9 Å². The van der Waals surface area contributed by atoms with E-state index in [4.69, 9.17) is 38.9 Å². The van der Waals surface area contributed by atoms with Crippen LogP contribution in [0, 0.1) is 11.3 Å². The quantitative estimate of drug-likeness (QED) is 0.380. The van der Waals surface area contributed by atoms with E-state index in [1.54, 1.807) is 6.07 Å². The average molecular weight is 481 g/mol. The number of H-pyrrole nitrogens is 1. The molecule has 2 rings (SSSR count). The van der Waals surface area contributed by atoms with E-state index in [1.165, 1.54) is 25.1 Å². The third-order valence-corrected chi connectivity index (χ3v) is 4.50. The zero-order valence-electron chi connectivity index (χ0n) is 17.1. The van der Waals surface area contributed by atoms with Crippen LogP contribution in [0.4, 0.5) is 10.5 Å². The average Bonchev–Trinajstić information content (AvgIpc) is 2.71. The van der Waals surface area contributed by atoms with Crippen molar-refractivity contribution >= 4 is 46.5 Å². The van der Waals surface area contributed by atoms with Crippen LogP contribution in [0.2, 0.25) is 10.0 Å². The number of amides is 1. The van der Waals surface area contributed by atoms with Gasteiger partial charge in [0.2, 0.25) is 17.4 Å². The maximum absolute atomic E-state index is 12.1. The van der Waals surface area contributed by atoms with Crippen LogP contribution in [0.5, 0.6) is 11.6 Å². The second-order valence-corrected chi connectivity index (χ2v) is 7.46. The number of nitrogens with zero attached hydrogens (tertiary/aromatic N) is 3. The topological polar surface area (TPSA) is 173 Å². The summed E-state index contributed by atoms with van der Waals surface area (Å²) in [7, 11) is 0. The van der Waals surface area contributed by atoms with Crippen molar-refractivity contribution in [1.29, 1.82) is 5.26 Å². The predicted octanol–water partition coefficient (Wildman–Crippen LogP) is 3.34. The third-order valence-electron chi connectivity index (χ3n) is 3.93. The first kappa shape index (κ1) is 24.6. The van der Waals surface area contributed by atoms with E-state index in [9.17, 15) is 14.4 Å². The Labute approximate surface area is 192 Å². The SMILES string of the molecule is CC(OC(N)=O)C(=O)C(C#N)=NNc1cc(Cl)c(Oc2cc(C(C)C)c(=O)[nH]n2)c(Cl)c1. The number of halogens is 2. The molecule has 1 heterocycles. The van der Waals surface area contributed by atoms with Gasteiger partial charge in [-0.25, -0.2) is 9.89 Å². The summed E-state index contributed by atoms with van der Waals surface area (Å²) in [4.78, 5) is 34.7. The second-order valence-electron chi connectivity index (χ2n) is 6.64. The summed E-state index contributed by atoms with van der Waals surface area (Å²) in [6.45, 7) is 4.93. The smallest absolute Gasteiger partial charge is 0.405 e. The summed E-state index contributed by atoms with van der Waals surface area (Å²) >= 11 is 12.5. The van der Waals surface area contributed by atoms with Crippen molar-refractivity contribution in [2.45, 2.75) is 32.8 Å². The van der Waals surface area contributed by atoms with Crippen LogP contribution < -0.4 is 21.5 Å². The standard InChI is InChI=1S/C19H18Cl2N6O5/c1-8(2)11-6-15(26-27-18(11)29)32-17-12(20)4-10(5-13(17)21)24-25-14(7-22)16(28)9(3)31-19(23)30/h4-6,8-9,24H,1-3H3,(H2,23,30)(H,27,29). The fourth-order valence-electron chi connectivity index (χ4n) is 2.38. The van der Waals surface area contributed by atoms with Gasteiger partial charge in [0.05, 0.1) is 15.7 Å². The van der Waals surface area contributed by atoms with Crippen LogP contribution >= 0.6 is 23.2 Å². The molecule has 0 aliphatic rings. The van der Waals surface area contributed by atoms with Gasteiger partial charge in [0.25, 0.3) is 5.56 Å². The summed E-state index contributed by atoms with van der Waals surface area (Å²) in [5.41, 5.74) is 7.13. The Hall–Kier alpha value is -3.62. The van der Waals surface area contributed by atoms with Crippen molar-refractivity contribution in [2.75, 3.05) is 5.43 Å². The van der Waals surface area contributed by atoms with Crippen LogP contribution in [0.3, 0.4) is 0 Å². The Morgan fingerprint density at radius 1 is 1.25 bits per heavy atom. The minimum absolute atomic E-state index is 0.0598. The lowest BCUT2D eigenvalue weighted by Gasteiger charge is -2.12. The number of nitrogens with one attached hydrogen (secondary N) is 2. The zero-order chi connectivity index (χ0) is 24.0. The minimum atomic E-state index is -1.30. The highest BCUT2D eigenvalue weighted by Gasteiger charge is 2.22. The molecule has 0 saturated carbocycles. The number of hydrogen-bond donors (Lipinski definition) is 3. The largest absolute Gasteiger partial charge is 0.438 e. The molecule has 13 heteroatoms. The van der Waals surface area contributed by atoms with Crippen molar-refractivity contribution in [3.63, 3.8) is 0 Å². The van der Waals surface area contributed by atoms with Crippen molar-refractivity contribution in [3.05, 3.63) is 44.2 Å². The molecular formula is C19H18Cl2N6O5. The van der Waals surface area contributed by atoms with E-state index in [1.807, 2.05) is 13.8 Å². The predicted molar refractivity (Wildman–Crippen MR) is 117 cm³/mol. The third kappa shape index (κ3) is 6.19. The number of benzene rings is 1. The number of anilines is 1. The van der Waals surface area contributed by atoms with Crippen LogP contribution in [0.25, 0.3) is 0 Å². The normalized spacial score (nSPS) is 12.1. The van der Waals surface area contributed by atoms with Crippen molar-refractivity contribution < 1.29 is 19.1 Å². The van der Waals surface area contributed by atoms with Gasteiger partial charge >= 0.3 is 6.09 Å². The van der Waals surface area contributed by atoms with Gasteiger partial charge in [-0.1, -0.05) is 37.0 Å². The lowest BCUT2D eigenvalue weighted by Crippen LogP contribution is -2.32. The van der Waals surface area contributed by atoms with E-state index in [-0.39, 0.29) is 38.8 Å². The Kier molecular flexibility index (Phi) is 8.17. The molecule has 1 aromatic carbocycles. The minimum Gasteiger partial charge on any atom is -0.438 e. The number of rotatable bonds is 8. The summed E-state index contributed by atoms with van der Waals surface area (Å²) in [5, 5.41) is 19.1.